The molecular weight excluding hydrogens is 1150 g/mol. The molecule has 0 radical (unpaired) electrons. The van der Waals surface area contributed by atoms with Crippen LogP contribution in [0.5, 0.6) is 51.7 Å². The van der Waals surface area contributed by atoms with Gasteiger partial charge in [-0.15, -0.1) is 0 Å². The first kappa shape index (κ1) is 63.5. The van der Waals surface area contributed by atoms with Crippen LogP contribution in [0.4, 0.5) is 0 Å². The minimum atomic E-state index is -2.07. The predicted octanol–water partition coefficient (Wildman–Crippen LogP) is -1.41. The molecule has 4 heterocycles. The molecule has 0 aliphatic carbocycles. The van der Waals surface area contributed by atoms with Crippen molar-refractivity contribution >= 4 is 42.1 Å². The number of rotatable bonds is 21. The number of aliphatic hydroxyl groups is 10. The van der Waals surface area contributed by atoms with E-state index in [1.54, 1.807) is 0 Å². The second kappa shape index (κ2) is 27.7. The molecule has 30 nitrogen and oxygen atoms in total. The van der Waals surface area contributed by atoms with Crippen molar-refractivity contribution in [2.75, 3.05) is 34.0 Å². The first-order valence-electron chi connectivity index (χ1n) is 26.0. The average molecular weight is 1210 g/mol. The number of benzene rings is 4. The van der Waals surface area contributed by atoms with E-state index < -0.39 is 166 Å². The molecule has 0 aromatic heterocycles. The zero-order chi connectivity index (χ0) is 62.3. The lowest BCUT2D eigenvalue weighted by Crippen LogP contribution is -2.60. The maximum absolute atomic E-state index is 12.7. The van der Waals surface area contributed by atoms with Crippen LogP contribution in [0.25, 0.3) is 18.2 Å². The number of phenolic OH excluding ortho intramolecular Hbond substituents is 4. The van der Waals surface area contributed by atoms with E-state index in [1.165, 1.54) is 81.0 Å². The van der Waals surface area contributed by atoms with Gasteiger partial charge in [0.1, 0.15) is 117 Å². The lowest BCUT2D eigenvalue weighted by molar-refractivity contribution is -0.296. The smallest absolute Gasteiger partial charge is 0.330 e. The third-order valence-electron chi connectivity index (χ3n) is 13.7. The molecular formula is C56H61O30+. The van der Waals surface area contributed by atoms with Gasteiger partial charge in [0, 0.05) is 24.3 Å². The number of methoxy groups -OCH3 is 2. The van der Waals surface area contributed by atoms with Gasteiger partial charge in [0.2, 0.25) is 18.9 Å². The first-order valence-corrected chi connectivity index (χ1v) is 26.0. The second-order valence-corrected chi connectivity index (χ2v) is 19.6. The third kappa shape index (κ3) is 14.9. The van der Waals surface area contributed by atoms with Gasteiger partial charge in [-0.05, 0) is 65.7 Å². The van der Waals surface area contributed by atoms with Crippen molar-refractivity contribution in [2.24, 2.45) is 0 Å². The van der Waals surface area contributed by atoms with Gasteiger partial charge in [0.05, 0.1) is 25.8 Å². The zero-order valence-corrected chi connectivity index (χ0v) is 45.1. The summed E-state index contributed by atoms with van der Waals surface area (Å²) in [6, 6.07) is 14.2. The minimum Gasteiger partial charge on any atom is -0.571 e. The highest BCUT2D eigenvalue weighted by atomic mass is 16.7. The highest BCUT2D eigenvalue weighted by Crippen LogP contribution is 2.47. The summed E-state index contributed by atoms with van der Waals surface area (Å²) >= 11 is 0. The van der Waals surface area contributed by atoms with Gasteiger partial charge < -0.3 is 128 Å². The number of carbonyl (C=O) groups is 4. The first-order chi connectivity index (χ1) is 40.9. The van der Waals surface area contributed by atoms with Crippen LogP contribution in [-0.2, 0) is 52.3 Å². The summed E-state index contributed by atoms with van der Waals surface area (Å²) in [5.41, 5.74) is 0.737. The molecule has 86 heavy (non-hydrogen) atoms. The van der Waals surface area contributed by atoms with Crippen molar-refractivity contribution in [1.29, 1.82) is 0 Å². The molecule has 16 atom stereocenters. The largest absolute Gasteiger partial charge is 0.571 e. The molecule has 16 unspecified atom stereocenters. The normalized spacial score (nSPS) is 28.9. The molecule has 0 bridgehead atoms. The molecule has 3 fully saturated rings. The molecule has 0 spiro atoms. The van der Waals surface area contributed by atoms with Crippen LogP contribution in [0.2, 0.25) is 0 Å². The maximum Gasteiger partial charge on any atom is 0.330 e. The Morgan fingerprint density at radius 2 is 0.965 bits per heavy atom. The highest BCUT2D eigenvalue weighted by molar-refractivity contribution is 5.90. The Morgan fingerprint density at radius 3 is 1.45 bits per heavy atom. The number of aromatic hydroxyl groups is 5. The minimum absolute atomic E-state index is 0.00175. The Labute approximate surface area is 485 Å². The van der Waals surface area contributed by atoms with E-state index in [4.69, 9.17) is 61.9 Å². The summed E-state index contributed by atoms with van der Waals surface area (Å²) < 4.78 is 65.3. The average Bonchev–Trinajstić information content (AvgIpc) is 1.48. The summed E-state index contributed by atoms with van der Waals surface area (Å²) in [6.45, 7) is -2.23. The van der Waals surface area contributed by atoms with Crippen LogP contribution in [0, 0.1) is 0 Å². The lowest BCUT2D eigenvalue weighted by atomic mass is 9.98. The Kier molecular flexibility index (Phi) is 20.4. The highest BCUT2D eigenvalue weighted by Gasteiger charge is 2.50. The molecule has 3 saturated heterocycles. The maximum atomic E-state index is 12.7. The van der Waals surface area contributed by atoms with E-state index in [0.29, 0.717) is 11.1 Å². The third-order valence-corrected chi connectivity index (χ3v) is 13.7. The molecule has 4 aliphatic heterocycles. The fourth-order valence-corrected chi connectivity index (χ4v) is 9.02. The fraction of sp³-hybridized carbons (Fsp3) is 0.393. The number of carboxylic acids is 1. The molecule has 4 aromatic carbocycles. The molecule has 15 N–H and O–H groups in total. The molecule has 8 rings (SSSR count). The van der Waals surface area contributed by atoms with Crippen LogP contribution >= 0.6 is 0 Å². The Bertz CT molecular complexity index is 3180. The van der Waals surface area contributed by atoms with E-state index >= 15 is 0 Å². The van der Waals surface area contributed by atoms with E-state index in [1.807, 2.05) is 0 Å². The van der Waals surface area contributed by atoms with Gasteiger partial charge in [-0.3, -0.25) is 9.59 Å². The van der Waals surface area contributed by atoms with Crippen LogP contribution in [0.15, 0.2) is 84.6 Å². The lowest BCUT2D eigenvalue weighted by Gasteiger charge is -2.41. The van der Waals surface area contributed by atoms with Crippen molar-refractivity contribution in [3.05, 3.63) is 107 Å². The molecule has 0 amide bonds. The molecule has 30 heteroatoms. The van der Waals surface area contributed by atoms with Crippen molar-refractivity contribution in [1.82, 2.24) is 0 Å². The number of aliphatic hydroxyl groups excluding tert-OH is 9. The number of esters is 3. The summed E-state index contributed by atoms with van der Waals surface area (Å²) in [7, 11) is 2.66. The van der Waals surface area contributed by atoms with Gasteiger partial charge in [-0.1, -0.05) is 12.1 Å². The second-order valence-electron chi connectivity index (χ2n) is 19.6. The van der Waals surface area contributed by atoms with Gasteiger partial charge in [-0.25, -0.2) is 9.59 Å². The number of hydrogen-bond acceptors (Lipinski definition) is 28. The molecule has 4 aromatic rings. The molecule has 0 saturated carbocycles. The van der Waals surface area contributed by atoms with Crippen molar-refractivity contribution in [2.45, 2.75) is 105 Å². The Morgan fingerprint density at radius 1 is 0.512 bits per heavy atom. The number of ether oxygens (including phenoxy) is 12. The number of aliphatic carboxylic acids is 1. The van der Waals surface area contributed by atoms with Crippen molar-refractivity contribution in [3.8, 4) is 51.7 Å². The summed E-state index contributed by atoms with van der Waals surface area (Å²) in [4.78, 5) is 48.6. The zero-order valence-electron chi connectivity index (χ0n) is 45.1. The van der Waals surface area contributed by atoms with E-state index in [2.05, 4.69) is 0 Å². The van der Waals surface area contributed by atoms with Gasteiger partial charge >= 0.3 is 23.9 Å². The number of carbonyl (C=O) groups excluding carboxylic acids is 3. The number of hydrogen-bond donors (Lipinski definition) is 14. The quantitative estimate of drug-likeness (QED) is 0.0150. The SMILES string of the molecule is COc1cc(C=CC(=O)OCC2OC(Oc3cc(O)c4c(c3)[OH+]C(c3ccc(O)c(OC5OC(COC(=O)C=Cc6ccc(O)c(OC)c6)C(O)C(O)C5O)c3)C(OC3OC(COC(=O)CC(=O)O)C(O)C(O)C3O)=C4)C(O)C(O)C2O)ccc1O. The fourth-order valence-electron chi connectivity index (χ4n) is 9.02. The Hall–Kier alpha value is -8.50. The summed E-state index contributed by atoms with van der Waals surface area (Å²) in [5.74, 6) is -7.19. The van der Waals surface area contributed by atoms with E-state index in [0.717, 1.165) is 30.4 Å². The monoisotopic (exact) mass is 1210 g/mol. The van der Waals surface area contributed by atoms with Crippen LogP contribution in [0.1, 0.15) is 34.8 Å². The molecule has 464 valence electrons. The summed E-state index contributed by atoms with van der Waals surface area (Å²) in [5, 5.41) is 150. The van der Waals surface area contributed by atoms with Crippen LogP contribution < -0.4 is 18.9 Å². The predicted molar refractivity (Wildman–Crippen MR) is 283 cm³/mol. The van der Waals surface area contributed by atoms with E-state index in [9.17, 15) is 85.6 Å². The van der Waals surface area contributed by atoms with Crippen molar-refractivity contribution < 1.29 is 148 Å². The van der Waals surface area contributed by atoms with Crippen LogP contribution in [0.3, 0.4) is 0 Å². The van der Waals surface area contributed by atoms with Crippen LogP contribution in [-0.4, -0.2) is 226 Å². The standard InChI is InChI=1S/C56H60O30/c1-75-33-13-23(3-8-28(33)57)5-11-41(63)77-20-37-44(66)47(69)50(72)54(84-37)80-26-16-31(60)27-18-36(83-56-52(74)49(71)46(68)39(86-56)22-79-43(65)19-40(61)62)53(81-32(27)17-26)25-7-10-30(59)35(15-25)82-55-51(73)48(70)45(67)38(85-55)21-78-42(64)12-6-24-4-9-29(58)34(14-24)76-2/h3-18,37-39,44-60,66-74H,19-22H2,1-2H3,(H,61,62)/p+1. The van der Waals surface area contributed by atoms with Gasteiger partial charge in [-0.2, -0.15) is 0 Å². The number of phenols is 4. The van der Waals surface area contributed by atoms with E-state index in [-0.39, 0.29) is 51.4 Å². The summed E-state index contributed by atoms with van der Waals surface area (Å²) in [6.07, 6.45) is -24.8. The molecule has 4 aliphatic rings. The number of carboxylic acid groups (broad SMARTS) is 1. The van der Waals surface area contributed by atoms with Gasteiger partial charge in [0.15, 0.2) is 40.3 Å². The Balaban J connectivity index is 1.03. The van der Waals surface area contributed by atoms with Gasteiger partial charge in [0.25, 0.3) is 11.9 Å². The van der Waals surface area contributed by atoms with Crippen molar-refractivity contribution in [3.63, 3.8) is 0 Å². The number of fused-ring (bicyclic) bond motifs is 1. The topological polar surface area (TPSA) is 466 Å².